The van der Waals surface area contributed by atoms with Crippen LogP contribution >= 0.6 is 7.92 Å². The molecule has 131 valence electrons. The molecule has 0 aliphatic carbocycles. The van der Waals surface area contributed by atoms with Crippen LogP contribution in [0.2, 0.25) is 0 Å². The topological polar surface area (TPSA) is 0 Å². The second-order valence-electron chi connectivity index (χ2n) is 6.48. The van der Waals surface area contributed by atoms with Crippen LogP contribution in [0.15, 0.2) is 91.0 Å². The van der Waals surface area contributed by atoms with Crippen LogP contribution < -0.4 is 10.6 Å². The third kappa shape index (κ3) is 6.66. The minimum absolute atomic E-state index is 0. The molecule has 0 saturated heterocycles. The molecule has 0 aliphatic rings. The van der Waals surface area contributed by atoms with E-state index < -0.39 is 7.92 Å². The molecule has 1 radical (unpaired) electrons. The fraction of sp³-hybridized carbons (Fsp3) is 0.167. The first kappa shape index (κ1) is 21.4. The molecular formula is C24H26PY-. The Labute approximate surface area is 185 Å². The number of rotatable bonds is 8. The first-order chi connectivity index (χ1) is 12.3. The van der Waals surface area contributed by atoms with Crippen molar-refractivity contribution in [2.45, 2.75) is 13.3 Å². The van der Waals surface area contributed by atoms with Crippen LogP contribution in [-0.2, 0) is 32.7 Å². The van der Waals surface area contributed by atoms with E-state index in [1.54, 1.807) is 0 Å². The smallest absolute Gasteiger partial charge is 0.0939 e. The summed E-state index contributed by atoms with van der Waals surface area (Å²) < 4.78 is 0. The number of hydrogen-bond acceptors (Lipinski definition) is 0. The molecule has 0 spiro atoms. The van der Waals surface area contributed by atoms with Gasteiger partial charge < -0.3 is 0 Å². The van der Waals surface area contributed by atoms with Crippen molar-refractivity contribution in [2.75, 3.05) is 6.16 Å². The van der Waals surface area contributed by atoms with Gasteiger partial charge in [0.1, 0.15) is 0 Å². The fourth-order valence-electron chi connectivity index (χ4n) is 3.01. The van der Waals surface area contributed by atoms with E-state index in [-0.39, 0.29) is 32.7 Å². The van der Waals surface area contributed by atoms with Crippen molar-refractivity contribution in [2.24, 2.45) is 5.92 Å². The molecule has 0 heterocycles. The third-order valence-corrected chi connectivity index (χ3v) is 7.20. The summed E-state index contributed by atoms with van der Waals surface area (Å²) >= 11 is 0. The molecule has 3 aromatic carbocycles. The molecule has 0 amide bonds. The Morgan fingerprint density at radius 3 is 1.69 bits per heavy atom. The Morgan fingerprint density at radius 2 is 1.19 bits per heavy atom. The molecule has 1 unspecified atom stereocenters. The SMILES string of the molecule is CC([CH-]C[PH+](c1ccccc1)c1ccccc1)C[CH-]c1ccccc1.[Y]. The van der Waals surface area contributed by atoms with Gasteiger partial charge in [-0.15, -0.1) is 18.6 Å². The molecule has 0 saturated carbocycles. The number of benzene rings is 3. The molecule has 26 heavy (non-hydrogen) atoms. The van der Waals surface area contributed by atoms with E-state index in [0.717, 1.165) is 6.42 Å². The summed E-state index contributed by atoms with van der Waals surface area (Å²) in [4.78, 5) is 0. The van der Waals surface area contributed by atoms with E-state index in [1.807, 2.05) is 0 Å². The Balaban J connectivity index is 0.00000243. The van der Waals surface area contributed by atoms with Crippen molar-refractivity contribution in [1.82, 2.24) is 0 Å². The summed E-state index contributed by atoms with van der Waals surface area (Å²) in [6, 6.07) is 32.6. The van der Waals surface area contributed by atoms with Gasteiger partial charge in [-0.2, -0.15) is 30.0 Å². The monoisotopic (exact) mass is 434 g/mol. The van der Waals surface area contributed by atoms with Gasteiger partial charge >= 0.3 is 0 Å². The van der Waals surface area contributed by atoms with Gasteiger partial charge in [0.15, 0.2) is 0 Å². The Morgan fingerprint density at radius 1 is 0.731 bits per heavy atom. The van der Waals surface area contributed by atoms with E-state index in [0.29, 0.717) is 5.92 Å². The van der Waals surface area contributed by atoms with Crippen LogP contribution in [0, 0.1) is 18.8 Å². The molecule has 0 N–H and O–H groups in total. The van der Waals surface area contributed by atoms with Gasteiger partial charge in [0, 0.05) is 40.6 Å². The largest absolute Gasteiger partial charge is 0.289 e. The van der Waals surface area contributed by atoms with Crippen molar-refractivity contribution in [1.29, 1.82) is 0 Å². The zero-order valence-electron chi connectivity index (χ0n) is 15.4. The Kier molecular flexibility index (Phi) is 9.62. The van der Waals surface area contributed by atoms with Crippen LogP contribution in [0.5, 0.6) is 0 Å². The fourth-order valence-corrected chi connectivity index (χ4v) is 5.64. The molecule has 2 heteroatoms. The van der Waals surface area contributed by atoms with Crippen molar-refractivity contribution < 1.29 is 32.7 Å². The van der Waals surface area contributed by atoms with Gasteiger partial charge in [-0.1, -0.05) is 55.6 Å². The molecule has 0 aromatic heterocycles. The predicted octanol–water partition coefficient (Wildman–Crippen LogP) is 5.33. The average molecular weight is 434 g/mol. The molecule has 1 atom stereocenters. The Bertz CT molecular complexity index is 688. The normalized spacial score (nSPS) is 11.6. The predicted molar refractivity (Wildman–Crippen MR) is 113 cm³/mol. The average Bonchev–Trinajstić information content (AvgIpc) is 2.69. The zero-order valence-corrected chi connectivity index (χ0v) is 19.2. The molecule has 0 nitrogen and oxygen atoms in total. The summed E-state index contributed by atoms with van der Waals surface area (Å²) in [6.07, 6.45) is 7.14. The number of hydrogen-bond donors (Lipinski definition) is 0. The molecule has 3 rings (SSSR count). The Hall–Kier alpha value is -0.936. The van der Waals surface area contributed by atoms with E-state index in [9.17, 15) is 0 Å². The van der Waals surface area contributed by atoms with E-state index in [1.165, 1.54) is 22.3 Å². The van der Waals surface area contributed by atoms with Crippen LogP contribution in [0.4, 0.5) is 0 Å². The summed E-state index contributed by atoms with van der Waals surface area (Å²) in [5, 5.41) is 2.99. The minimum Gasteiger partial charge on any atom is -0.289 e. The van der Waals surface area contributed by atoms with Crippen LogP contribution in [0.1, 0.15) is 18.9 Å². The van der Waals surface area contributed by atoms with Gasteiger partial charge in [-0.05, 0) is 24.3 Å². The van der Waals surface area contributed by atoms with Crippen molar-refractivity contribution >= 4 is 18.5 Å². The van der Waals surface area contributed by atoms with Gasteiger partial charge in [0.25, 0.3) is 0 Å². The minimum atomic E-state index is -0.746. The molecule has 0 fully saturated rings. The quantitative estimate of drug-likeness (QED) is 0.332. The van der Waals surface area contributed by atoms with Crippen molar-refractivity contribution in [3.05, 3.63) is 109 Å². The molecule has 3 aromatic rings. The summed E-state index contributed by atoms with van der Waals surface area (Å²) in [7, 11) is -0.746. The maximum Gasteiger partial charge on any atom is 0.0939 e. The zero-order chi connectivity index (χ0) is 17.3. The summed E-state index contributed by atoms with van der Waals surface area (Å²) in [5.74, 6) is 0.590. The first-order valence-corrected chi connectivity index (χ1v) is 10.7. The van der Waals surface area contributed by atoms with Gasteiger partial charge in [-0.3, -0.25) is 6.42 Å². The molecule has 0 bridgehead atoms. The van der Waals surface area contributed by atoms with Gasteiger partial charge in [0.2, 0.25) is 0 Å². The van der Waals surface area contributed by atoms with Crippen LogP contribution in [0.3, 0.4) is 0 Å². The van der Waals surface area contributed by atoms with E-state index in [2.05, 4.69) is 111 Å². The third-order valence-electron chi connectivity index (χ3n) is 4.49. The van der Waals surface area contributed by atoms with Crippen LogP contribution in [0.25, 0.3) is 0 Å². The maximum absolute atomic E-state index is 2.52. The molecular weight excluding hydrogens is 408 g/mol. The van der Waals surface area contributed by atoms with Crippen molar-refractivity contribution in [3.8, 4) is 0 Å². The summed E-state index contributed by atoms with van der Waals surface area (Å²) in [5.41, 5.74) is 1.32. The first-order valence-electron chi connectivity index (χ1n) is 9.01. The van der Waals surface area contributed by atoms with Crippen LogP contribution in [-0.4, -0.2) is 6.16 Å². The second-order valence-corrected chi connectivity index (χ2v) is 9.00. The molecule has 0 aliphatic heterocycles. The standard InChI is InChI=1S/C24H25P.Y/c1-21(17-18-22-11-5-2-6-12-22)19-20-25(23-13-7-3-8-14-23)24-15-9-4-10-16-24;/h2-16,18-19,21H,17,20H2,1H3;/q-2;/p+1. The van der Waals surface area contributed by atoms with Gasteiger partial charge in [-0.25, -0.2) is 0 Å². The van der Waals surface area contributed by atoms with E-state index in [4.69, 9.17) is 0 Å². The van der Waals surface area contributed by atoms with Crippen molar-refractivity contribution in [3.63, 3.8) is 0 Å². The van der Waals surface area contributed by atoms with E-state index >= 15 is 0 Å². The maximum atomic E-state index is 2.52. The van der Waals surface area contributed by atoms with Gasteiger partial charge in [0.05, 0.1) is 10.6 Å². The summed E-state index contributed by atoms with van der Waals surface area (Å²) in [6.45, 7) is 2.33. The second kappa shape index (κ2) is 11.7.